The van der Waals surface area contributed by atoms with E-state index >= 15 is 0 Å². The highest BCUT2D eigenvalue weighted by Gasteiger charge is 2.23. The molecular weight excluding hydrogens is 376 g/mol. The van der Waals surface area contributed by atoms with Crippen LogP contribution in [0.4, 0.5) is 0 Å². The molecule has 3 aromatic rings. The summed E-state index contributed by atoms with van der Waals surface area (Å²) in [5.74, 6) is -1.08. The van der Waals surface area contributed by atoms with Crippen LogP contribution in [-0.2, 0) is 4.79 Å². The van der Waals surface area contributed by atoms with Crippen molar-refractivity contribution >= 4 is 23.4 Å². The van der Waals surface area contributed by atoms with Gasteiger partial charge in [0.05, 0.1) is 18.6 Å². The summed E-state index contributed by atoms with van der Waals surface area (Å²) in [6, 6.07) is 23.4. The van der Waals surface area contributed by atoms with Crippen LogP contribution in [0, 0.1) is 0 Å². The third kappa shape index (κ3) is 4.50. The van der Waals surface area contributed by atoms with Gasteiger partial charge in [0, 0.05) is 5.02 Å². The van der Waals surface area contributed by atoms with Crippen LogP contribution < -0.4 is 15.6 Å². The summed E-state index contributed by atoms with van der Waals surface area (Å²) in [6.45, 7) is 0. The molecule has 0 heterocycles. The fraction of sp³-hybridized carbons (Fsp3) is 0.0909. The Balaban J connectivity index is 1.80. The largest absolute Gasteiger partial charge is 0.496 e. The van der Waals surface area contributed by atoms with Crippen molar-refractivity contribution in [3.8, 4) is 5.75 Å². The minimum absolute atomic E-state index is 0.228. The maximum atomic E-state index is 12.9. The summed E-state index contributed by atoms with van der Waals surface area (Å²) in [5.41, 5.74) is 6.82. The van der Waals surface area contributed by atoms with Crippen molar-refractivity contribution in [2.75, 3.05) is 7.11 Å². The Morgan fingerprint density at radius 3 is 1.96 bits per heavy atom. The van der Waals surface area contributed by atoms with E-state index in [4.69, 9.17) is 16.3 Å². The summed E-state index contributed by atoms with van der Waals surface area (Å²) < 4.78 is 5.18. The summed E-state index contributed by atoms with van der Waals surface area (Å²) in [4.78, 5) is 25.4. The van der Waals surface area contributed by atoms with E-state index in [-0.39, 0.29) is 11.5 Å². The van der Waals surface area contributed by atoms with Crippen molar-refractivity contribution < 1.29 is 14.3 Å². The highest BCUT2D eigenvalue weighted by atomic mass is 35.5. The van der Waals surface area contributed by atoms with E-state index in [9.17, 15) is 9.59 Å². The first-order chi connectivity index (χ1) is 13.6. The maximum absolute atomic E-state index is 12.9. The summed E-state index contributed by atoms with van der Waals surface area (Å²) in [7, 11) is 1.46. The topological polar surface area (TPSA) is 67.4 Å². The van der Waals surface area contributed by atoms with Crippen LogP contribution >= 0.6 is 11.6 Å². The Morgan fingerprint density at radius 1 is 0.857 bits per heavy atom. The van der Waals surface area contributed by atoms with E-state index in [0.717, 1.165) is 11.1 Å². The van der Waals surface area contributed by atoms with Crippen molar-refractivity contribution in [2.45, 2.75) is 5.92 Å². The molecule has 0 atom stereocenters. The molecule has 0 spiro atoms. The van der Waals surface area contributed by atoms with Crippen LogP contribution in [0.3, 0.4) is 0 Å². The summed E-state index contributed by atoms with van der Waals surface area (Å²) in [5, 5.41) is 0.392. The molecule has 0 unspecified atom stereocenters. The van der Waals surface area contributed by atoms with E-state index in [1.54, 1.807) is 12.1 Å². The predicted molar refractivity (Wildman–Crippen MR) is 108 cm³/mol. The number of rotatable bonds is 5. The summed E-state index contributed by atoms with van der Waals surface area (Å²) in [6.07, 6.45) is 0. The fourth-order valence-corrected chi connectivity index (χ4v) is 3.07. The van der Waals surface area contributed by atoms with Gasteiger partial charge in [-0.25, -0.2) is 0 Å². The van der Waals surface area contributed by atoms with Crippen molar-refractivity contribution in [3.05, 3.63) is 101 Å². The minimum Gasteiger partial charge on any atom is -0.496 e. The molecule has 0 saturated carbocycles. The molecule has 0 aliphatic rings. The average molecular weight is 395 g/mol. The average Bonchev–Trinajstić information content (AvgIpc) is 2.73. The third-order valence-electron chi connectivity index (χ3n) is 4.23. The molecule has 3 rings (SSSR count). The molecule has 0 aliphatic carbocycles. The first-order valence-electron chi connectivity index (χ1n) is 8.64. The van der Waals surface area contributed by atoms with E-state index in [2.05, 4.69) is 10.9 Å². The molecule has 0 radical (unpaired) electrons. The Morgan fingerprint density at radius 2 is 1.43 bits per heavy atom. The number of nitrogens with one attached hydrogen (secondary N) is 2. The number of amides is 2. The van der Waals surface area contributed by atoms with Gasteiger partial charge in [-0.05, 0) is 29.3 Å². The van der Waals surface area contributed by atoms with Gasteiger partial charge in [0.1, 0.15) is 5.75 Å². The van der Waals surface area contributed by atoms with Gasteiger partial charge in [-0.15, -0.1) is 0 Å². The molecule has 5 nitrogen and oxygen atoms in total. The zero-order valence-electron chi connectivity index (χ0n) is 15.2. The summed E-state index contributed by atoms with van der Waals surface area (Å²) >= 11 is 5.97. The number of hydrogen-bond acceptors (Lipinski definition) is 3. The van der Waals surface area contributed by atoms with Gasteiger partial charge in [0.2, 0.25) is 5.91 Å². The van der Waals surface area contributed by atoms with Gasteiger partial charge >= 0.3 is 0 Å². The van der Waals surface area contributed by atoms with Crippen molar-refractivity contribution in [2.24, 2.45) is 0 Å². The molecule has 142 valence electrons. The van der Waals surface area contributed by atoms with Crippen LogP contribution in [0.2, 0.25) is 5.02 Å². The monoisotopic (exact) mass is 394 g/mol. The Kier molecular flexibility index (Phi) is 6.29. The van der Waals surface area contributed by atoms with Crippen LogP contribution in [0.15, 0.2) is 78.9 Å². The van der Waals surface area contributed by atoms with E-state index in [0.29, 0.717) is 10.8 Å². The second-order valence-corrected chi connectivity index (χ2v) is 6.48. The van der Waals surface area contributed by atoms with Crippen molar-refractivity contribution in [1.29, 1.82) is 0 Å². The minimum atomic E-state index is -0.566. The molecule has 2 amide bonds. The van der Waals surface area contributed by atoms with Crippen LogP contribution in [0.25, 0.3) is 0 Å². The quantitative estimate of drug-likeness (QED) is 0.644. The Labute approximate surface area is 168 Å². The SMILES string of the molecule is COc1ccc(Cl)cc1C(=O)NNC(=O)C(c1ccccc1)c1ccccc1. The number of halogens is 1. The standard InChI is InChI=1S/C22H19ClN2O3/c1-28-19-13-12-17(23)14-18(19)21(26)24-25-22(27)20(15-8-4-2-5-9-15)16-10-6-3-7-11-16/h2-14,20H,1H3,(H,24,26)(H,25,27). The first-order valence-corrected chi connectivity index (χ1v) is 9.01. The molecule has 6 heteroatoms. The van der Waals surface area contributed by atoms with Gasteiger partial charge in [0.25, 0.3) is 5.91 Å². The number of hydrogen-bond donors (Lipinski definition) is 2. The highest BCUT2D eigenvalue weighted by Crippen LogP contribution is 2.25. The number of carbonyl (C=O) groups excluding carboxylic acids is 2. The Hall–Kier alpha value is -3.31. The van der Waals surface area contributed by atoms with Gasteiger partial charge in [-0.3, -0.25) is 20.4 Å². The second-order valence-electron chi connectivity index (χ2n) is 6.04. The lowest BCUT2D eigenvalue weighted by atomic mass is 9.91. The third-order valence-corrected chi connectivity index (χ3v) is 4.47. The van der Waals surface area contributed by atoms with Crippen LogP contribution in [0.5, 0.6) is 5.75 Å². The number of hydrazine groups is 1. The number of methoxy groups -OCH3 is 1. The van der Waals surface area contributed by atoms with Crippen molar-refractivity contribution in [1.82, 2.24) is 10.9 Å². The number of ether oxygens (including phenoxy) is 1. The van der Waals surface area contributed by atoms with Gasteiger partial charge in [0.15, 0.2) is 0 Å². The molecule has 3 aromatic carbocycles. The van der Waals surface area contributed by atoms with Gasteiger partial charge in [-0.2, -0.15) is 0 Å². The second kappa shape index (κ2) is 9.06. The van der Waals surface area contributed by atoms with Crippen LogP contribution in [-0.4, -0.2) is 18.9 Å². The maximum Gasteiger partial charge on any atom is 0.273 e. The highest BCUT2D eigenvalue weighted by molar-refractivity contribution is 6.31. The normalized spacial score (nSPS) is 10.4. The zero-order chi connectivity index (χ0) is 19.9. The zero-order valence-corrected chi connectivity index (χ0v) is 15.9. The van der Waals surface area contributed by atoms with Crippen molar-refractivity contribution in [3.63, 3.8) is 0 Å². The molecule has 2 N–H and O–H groups in total. The molecule has 0 aliphatic heterocycles. The first kappa shape index (κ1) is 19.5. The van der Waals surface area contributed by atoms with E-state index in [1.807, 2.05) is 60.7 Å². The fourth-order valence-electron chi connectivity index (χ4n) is 2.90. The lowest BCUT2D eigenvalue weighted by Crippen LogP contribution is -2.44. The number of benzene rings is 3. The van der Waals surface area contributed by atoms with E-state index in [1.165, 1.54) is 13.2 Å². The molecule has 0 saturated heterocycles. The Bertz CT molecular complexity index is 923. The molecule has 0 aromatic heterocycles. The van der Waals surface area contributed by atoms with Crippen LogP contribution in [0.1, 0.15) is 27.4 Å². The predicted octanol–water partition coefficient (Wildman–Crippen LogP) is 3.94. The van der Waals surface area contributed by atoms with E-state index < -0.39 is 11.8 Å². The smallest absolute Gasteiger partial charge is 0.273 e. The molecular formula is C22H19ClN2O3. The molecule has 0 fully saturated rings. The molecule has 0 bridgehead atoms. The lowest BCUT2D eigenvalue weighted by Gasteiger charge is -2.18. The number of carbonyl (C=O) groups is 2. The lowest BCUT2D eigenvalue weighted by molar-refractivity contribution is -0.122. The van der Waals surface area contributed by atoms with Gasteiger partial charge < -0.3 is 4.74 Å². The van der Waals surface area contributed by atoms with Gasteiger partial charge in [-0.1, -0.05) is 72.3 Å². The molecule has 28 heavy (non-hydrogen) atoms.